The van der Waals surface area contributed by atoms with E-state index in [0.29, 0.717) is 5.75 Å². The quantitative estimate of drug-likeness (QED) is 0.442. The molecule has 0 amide bonds. The Morgan fingerprint density at radius 1 is 0.818 bits per heavy atom. The molecule has 1 heterocycles. The highest BCUT2D eigenvalue weighted by molar-refractivity contribution is 14.1. The van der Waals surface area contributed by atoms with Gasteiger partial charge in [0.1, 0.15) is 17.2 Å². The fraction of sp³-hybridized carbons (Fsp3) is 0. The van der Waals surface area contributed by atoms with Gasteiger partial charge in [-0.1, -0.05) is 18.2 Å². The number of aromatic amines is 1. The van der Waals surface area contributed by atoms with Crippen LogP contribution in [0.4, 0.5) is 0 Å². The van der Waals surface area contributed by atoms with E-state index in [0.717, 1.165) is 20.4 Å². The molecule has 0 unspecified atom stereocenters. The third-order valence-corrected chi connectivity index (χ3v) is 4.50. The lowest BCUT2D eigenvalue weighted by Crippen LogP contribution is -1.85. The predicted octanol–water partition coefficient (Wildman–Crippen LogP) is 5.42. The molecule has 0 aliphatic rings. The summed E-state index contributed by atoms with van der Waals surface area (Å²) in [6.45, 7) is 0. The number of H-pyrrole nitrogens is 1. The van der Waals surface area contributed by atoms with Crippen LogP contribution in [-0.2, 0) is 0 Å². The molecule has 2 N–H and O–H groups in total. The minimum absolute atomic E-state index is 0.263. The van der Waals surface area contributed by atoms with E-state index in [9.17, 15) is 5.11 Å². The van der Waals surface area contributed by atoms with Gasteiger partial charge in [0.25, 0.3) is 0 Å². The number of fused-ring (bicyclic) bond motifs is 3. The molecule has 22 heavy (non-hydrogen) atoms. The zero-order chi connectivity index (χ0) is 15.1. The van der Waals surface area contributed by atoms with Crippen molar-refractivity contribution in [2.45, 2.75) is 0 Å². The van der Waals surface area contributed by atoms with Gasteiger partial charge in [0, 0.05) is 22.4 Å². The van der Waals surface area contributed by atoms with Crippen LogP contribution in [0, 0.1) is 3.57 Å². The lowest BCUT2D eigenvalue weighted by Gasteiger charge is -2.07. The number of hydrogen-bond acceptors (Lipinski definition) is 2. The number of aromatic hydroxyl groups is 1. The fourth-order valence-electron chi connectivity index (χ4n) is 2.58. The third-order valence-electron chi connectivity index (χ3n) is 3.63. The Morgan fingerprint density at radius 2 is 1.55 bits per heavy atom. The third kappa shape index (κ3) is 2.29. The van der Waals surface area contributed by atoms with Crippen LogP contribution >= 0.6 is 22.6 Å². The molecule has 3 aromatic carbocycles. The number of phenolic OH excluding ortho intramolecular Hbond substituents is 1. The topological polar surface area (TPSA) is 45.2 Å². The minimum Gasteiger partial charge on any atom is -0.507 e. The maximum Gasteiger partial charge on any atom is 0.129 e. The highest BCUT2D eigenvalue weighted by atomic mass is 125. The summed E-state index contributed by atoms with van der Waals surface area (Å²) < 4.78 is 6.65. The molecule has 1 aromatic heterocycles. The second kappa shape index (κ2) is 5.21. The van der Waals surface area contributed by atoms with Crippen LogP contribution in [0.5, 0.6) is 17.2 Å². The molecule has 4 aromatic rings. The highest BCUT2D eigenvalue weighted by Crippen LogP contribution is 2.32. The van der Waals surface area contributed by atoms with Crippen LogP contribution in [0.15, 0.2) is 60.7 Å². The Morgan fingerprint density at radius 3 is 2.41 bits per heavy atom. The van der Waals surface area contributed by atoms with E-state index in [-0.39, 0.29) is 5.75 Å². The number of benzene rings is 3. The normalized spacial score (nSPS) is 11.1. The molecule has 0 bridgehead atoms. The van der Waals surface area contributed by atoms with E-state index < -0.39 is 0 Å². The van der Waals surface area contributed by atoms with Crippen molar-refractivity contribution < 1.29 is 9.84 Å². The number of halogens is 1. The van der Waals surface area contributed by atoms with Crippen molar-refractivity contribution in [1.82, 2.24) is 4.98 Å². The summed E-state index contributed by atoms with van der Waals surface area (Å²) in [7, 11) is 0. The van der Waals surface area contributed by atoms with E-state index in [1.165, 1.54) is 10.8 Å². The van der Waals surface area contributed by atoms with E-state index in [4.69, 9.17) is 4.74 Å². The molecule has 0 saturated heterocycles. The summed E-state index contributed by atoms with van der Waals surface area (Å²) >= 11 is 2.08. The number of phenols is 1. The van der Waals surface area contributed by atoms with Gasteiger partial charge in [-0.05, 0) is 59.0 Å². The molecule has 0 spiro atoms. The lowest BCUT2D eigenvalue weighted by molar-refractivity contribution is 0.461. The number of aromatic nitrogens is 1. The van der Waals surface area contributed by atoms with Gasteiger partial charge in [-0.3, -0.25) is 0 Å². The average molecular weight is 399 g/mol. The molecule has 3 nitrogen and oxygen atoms in total. The Kier molecular flexibility index (Phi) is 3.18. The van der Waals surface area contributed by atoms with Crippen molar-refractivity contribution in [2.24, 2.45) is 0 Å². The first kappa shape index (κ1) is 13.5. The second-order valence-electron chi connectivity index (χ2n) is 5.09. The smallest absolute Gasteiger partial charge is 0.129 e. The van der Waals surface area contributed by atoms with Crippen molar-refractivity contribution in [1.29, 1.82) is 0 Å². The molecule has 4 rings (SSSR count). The standard InChI is InChI=1S/C18H12INO2/c19-15-9-11(6-8-18(15)21)22-12-5-7-14-13-3-1-2-4-16(13)20-17(14)10-12/h1-10,20-21H/i19-2. The molecular weight excluding hydrogens is 387 g/mol. The average Bonchev–Trinajstić information content (AvgIpc) is 2.88. The molecule has 0 atom stereocenters. The van der Waals surface area contributed by atoms with Crippen molar-refractivity contribution in [3.63, 3.8) is 0 Å². The molecule has 0 aliphatic heterocycles. The van der Waals surface area contributed by atoms with Gasteiger partial charge in [0.05, 0.1) is 9.09 Å². The number of para-hydroxylation sites is 1. The minimum atomic E-state index is 0.263. The second-order valence-corrected chi connectivity index (χ2v) is 6.26. The van der Waals surface area contributed by atoms with E-state index in [1.807, 2.05) is 30.3 Å². The van der Waals surface area contributed by atoms with E-state index in [1.54, 1.807) is 12.1 Å². The van der Waals surface area contributed by atoms with Gasteiger partial charge in [-0.15, -0.1) is 0 Å². The van der Waals surface area contributed by atoms with Crippen LogP contribution in [0.1, 0.15) is 0 Å². The van der Waals surface area contributed by atoms with Crippen molar-refractivity contribution in [2.75, 3.05) is 0 Å². The van der Waals surface area contributed by atoms with Gasteiger partial charge in [0.2, 0.25) is 0 Å². The summed E-state index contributed by atoms with van der Waals surface area (Å²) in [4.78, 5) is 3.40. The number of rotatable bonds is 2. The SMILES string of the molecule is Oc1ccc(Oc2ccc3c(c2)[nH]c2ccccc23)cc1[125I]. The van der Waals surface area contributed by atoms with Crippen LogP contribution in [-0.4, -0.2) is 10.1 Å². The first-order valence-corrected chi connectivity index (χ1v) is 7.95. The van der Waals surface area contributed by atoms with Crippen molar-refractivity contribution >= 4 is 44.4 Å². The zero-order valence-corrected chi connectivity index (χ0v) is 13.7. The van der Waals surface area contributed by atoms with Gasteiger partial charge < -0.3 is 14.8 Å². The summed E-state index contributed by atoms with van der Waals surface area (Å²) in [5, 5.41) is 12.0. The fourth-order valence-corrected chi connectivity index (χ4v) is 3.07. The summed E-state index contributed by atoms with van der Waals surface area (Å²) in [5.41, 5.74) is 2.17. The summed E-state index contributed by atoms with van der Waals surface area (Å²) in [6.07, 6.45) is 0. The summed E-state index contributed by atoms with van der Waals surface area (Å²) in [6, 6.07) is 19.5. The molecule has 4 heteroatoms. The van der Waals surface area contributed by atoms with Gasteiger partial charge in [-0.2, -0.15) is 0 Å². The van der Waals surface area contributed by atoms with Gasteiger partial charge in [0.15, 0.2) is 0 Å². The molecule has 0 radical (unpaired) electrons. The maximum atomic E-state index is 9.56. The first-order chi connectivity index (χ1) is 10.7. The maximum absolute atomic E-state index is 9.56. The molecule has 0 saturated carbocycles. The summed E-state index contributed by atoms with van der Waals surface area (Å²) in [5.74, 6) is 1.73. The van der Waals surface area contributed by atoms with Crippen LogP contribution < -0.4 is 4.74 Å². The molecule has 0 aliphatic carbocycles. The van der Waals surface area contributed by atoms with E-state index in [2.05, 4.69) is 45.8 Å². The highest BCUT2D eigenvalue weighted by Gasteiger charge is 2.06. The lowest BCUT2D eigenvalue weighted by atomic mass is 10.1. The Hall–Kier alpha value is -2.21. The van der Waals surface area contributed by atoms with Gasteiger partial charge >= 0.3 is 0 Å². The van der Waals surface area contributed by atoms with Crippen LogP contribution in [0.25, 0.3) is 21.8 Å². The van der Waals surface area contributed by atoms with Crippen LogP contribution in [0.3, 0.4) is 0 Å². The molecule has 0 fully saturated rings. The Bertz CT molecular complexity index is 991. The van der Waals surface area contributed by atoms with Crippen LogP contribution in [0.2, 0.25) is 0 Å². The largest absolute Gasteiger partial charge is 0.507 e. The van der Waals surface area contributed by atoms with E-state index >= 15 is 0 Å². The Labute approximate surface area is 140 Å². The number of ether oxygens (including phenoxy) is 1. The number of hydrogen-bond donors (Lipinski definition) is 2. The van der Waals surface area contributed by atoms with Gasteiger partial charge in [-0.25, -0.2) is 0 Å². The zero-order valence-electron chi connectivity index (χ0n) is 11.5. The predicted molar refractivity (Wildman–Crippen MR) is 96.7 cm³/mol. The Balaban J connectivity index is 1.75. The monoisotopic (exact) mass is 399 g/mol. The van der Waals surface area contributed by atoms with Crippen molar-refractivity contribution in [3.05, 3.63) is 64.2 Å². The van der Waals surface area contributed by atoms with Crippen molar-refractivity contribution in [3.8, 4) is 17.2 Å². The first-order valence-electron chi connectivity index (χ1n) is 6.87. The molecule has 108 valence electrons. The molecular formula is C18H12INO2. The number of nitrogens with one attached hydrogen (secondary N) is 1.